The van der Waals surface area contributed by atoms with Crippen molar-refractivity contribution in [1.82, 2.24) is 10.2 Å². The third kappa shape index (κ3) is 5.36. The van der Waals surface area contributed by atoms with Gasteiger partial charge < -0.3 is 25.0 Å². The maximum atomic E-state index is 13.8. The number of hydrogen-bond donors (Lipinski definition) is 2. The van der Waals surface area contributed by atoms with Gasteiger partial charge in [0.25, 0.3) is 5.91 Å². The minimum Gasteiger partial charge on any atom is -0.490 e. The summed E-state index contributed by atoms with van der Waals surface area (Å²) in [5, 5.41) is 5.64. The van der Waals surface area contributed by atoms with Gasteiger partial charge in [-0.1, -0.05) is 18.2 Å². The molecule has 2 N–H and O–H groups in total. The molecule has 3 amide bonds. The second kappa shape index (κ2) is 10.3. The highest BCUT2D eigenvalue weighted by molar-refractivity contribution is 6.00. The molecular weight excluding hydrogens is 465 g/mol. The third-order valence-electron chi connectivity index (χ3n) is 7.07. The van der Waals surface area contributed by atoms with E-state index in [4.69, 9.17) is 9.47 Å². The summed E-state index contributed by atoms with van der Waals surface area (Å²) in [5.74, 6) is -0.297. The van der Waals surface area contributed by atoms with Gasteiger partial charge in [-0.3, -0.25) is 14.4 Å². The van der Waals surface area contributed by atoms with Gasteiger partial charge in [-0.25, -0.2) is 4.39 Å². The first-order valence-electron chi connectivity index (χ1n) is 12.4. The zero-order valence-electron chi connectivity index (χ0n) is 20.2. The Balaban J connectivity index is 1.21. The summed E-state index contributed by atoms with van der Waals surface area (Å²) in [7, 11) is 1.75. The maximum Gasteiger partial charge on any atom is 0.257 e. The van der Waals surface area contributed by atoms with Crippen molar-refractivity contribution in [2.24, 2.45) is 5.92 Å². The van der Waals surface area contributed by atoms with Crippen LogP contribution in [0.15, 0.2) is 42.5 Å². The number of fused-ring (bicyclic) bond motifs is 2. The van der Waals surface area contributed by atoms with Gasteiger partial charge in [-0.2, -0.15) is 0 Å². The minimum absolute atomic E-state index is 0.0211. The number of rotatable bonds is 6. The second-order valence-electron chi connectivity index (χ2n) is 9.72. The number of amides is 3. The topological polar surface area (TPSA) is 97.0 Å². The largest absolute Gasteiger partial charge is 0.490 e. The van der Waals surface area contributed by atoms with E-state index in [0.29, 0.717) is 35.4 Å². The van der Waals surface area contributed by atoms with Crippen LogP contribution < -0.4 is 15.4 Å². The van der Waals surface area contributed by atoms with Crippen molar-refractivity contribution in [3.63, 3.8) is 0 Å². The molecule has 0 unspecified atom stereocenters. The van der Waals surface area contributed by atoms with E-state index in [9.17, 15) is 18.8 Å². The van der Waals surface area contributed by atoms with Crippen molar-refractivity contribution in [3.8, 4) is 5.75 Å². The first-order valence-corrected chi connectivity index (χ1v) is 12.4. The lowest BCUT2D eigenvalue weighted by Crippen LogP contribution is -2.53. The molecule has 0 aromatic heterocycles. The van der Waals surface area contributed by atoms with Gasteiger partial charge in [0.1, 0.15) is 24.3 Å². The van der Waals surface area contributed by atoms with Gasteiger partial charge in [-0.05, 0) is 49.9 Å². The molecular formula is C27H30FN3O5. The molecule has 2 aromatic carbocycles. The van der Waals surface area contributed by atoms with Crippen molar-refractivity contribution in [2.75, 3.05) is 19.0 Å². The van der Waals surface area contributed by atoms with Crippen molar-refractivity contribution >= 4 is 23.4 Å². The Bertz CT molecular complexity index is 1170. The van der Waals surface area contributed by atoms with Crippen LogP contribution in [0.1, 0.15) is 48.0 Å². The molecule has 1 saturated heterocycles. The lowest BCUT2D eigenvalue weighted by Gasteiger charge is -2.42. The highest BCUT2D eigenvalue weighted by Gasteiger charge is 2.39. The van der Waals surface area contributed by atoms with Crippen LogP contribution in [0.25, 0.3) is 0 Å². The van der Waals surface area contributed by atoms with Gasteiger partial charge in [0.2, 0.25) is 11.8 Å². The number of nitrogens with one attached hydrogen (secondary N) is 2. The van der Waals surface area contributed by atoms with Crippen LogP contribution in [-0.4, -0.2) is 54.5 Å². The SMILES string of the molecule is CN1C(=O)c2cc(NC(=O)C3CC3)ccc2OC[C@@H]2O[C@@H](CC(=O)NCc3ccccc3F)CC[C@@H]21. The molecule has 3 atom stereocenters. The number of carbonyl (C=O) groups excluding carboxylic acids is 3. The van der Waals surface area contributed by atoms with Gasteiger partial charge in [0.15, 0.2) is 0 Å². The first kappa shape index (κ1) is 24.2. The van der Waals surface area contributed by atoms with E-state index in [1.807, 2.05) is 0 Å². The van der Waals surface area contributed by atoms with Gasteiger partial charge in [0, 0.05) is 30.8 Å². The standard InChI is InChI=1S/C27H30FN3O5/c1-31-22-10-9-19(13-25(32)29-14-17-4-2-3-5-21(17)28)36-24(22)15-35-23-11-8-18(12-20(23)27(31)34)30-26(33)16-6-7-16/h2-5,8,11-12,16,19,22,24H,6-7,9-10,13-15H2,1H3,(H,29,32)(H,30,33)/t19-,22+,24+/m1/s1. The average molecular weight is 496 g/mol. The van der Waals surface area contributed by atoms with Gasteiger partial charge >= 0.3 is 0 Å². The molecule has 9 heteroatoms. The third-order valence-corrected chi connectivity index (χ3v) is 7.07. The summed E-state index contributed by atoms with van der Waals surface area (Å²) in [6.45, 7) is 0.348. The normalized spacial score (nSPS) is 23.4. The summed E-state index contributed by atoms with van der Waals surface area (Å²) >= 11 is 0. The fraction of sp³-hybridized carbons (Fsp3) is 0.444. The lowest BCUT2D eigenvalue weighted by molar-refractivity contribution is -0.134. The number of carbonyl (C=O) groups is 3. The molecule has 2 heterocycles. The van der Waals surface area contributed by atoms with E-state index < -0.39 is 0 Å². The Morgan fingerprint density at radius 3 is 2.69 bits per heavy atom. The van der Waals surface area contributed by atoms with Crippen molar-refractivity contribution in [1.29, 1.82) is 0 Å². The van der Waals surface area contributed by atoms with Crippen molar-refractivity contribution < 1.29 is 28.2 Å². The molecule has 190 valence electrons. The number of anilines is 1. The van der Waals surface area contributed by atoms with Crippen LogP contribution in [0, 0.1) is 11.7 Å². The molecule has 3 aliphatic rings. The van der Waals surface area contributed by atoms with E-state index in [1.54, 1.807) is 48.3 Å². The summed E-state index contributed by atoms with van der Waals surface area (Å²) in [4.78, 5) is 39.6. The Hall–Kier alpha value is -3.46. The molecule has 36 heavy (non-hydrogen) atoms. The Kier molecular flexibility index (Phi) is 6.91. The molecule has 0 spiro atoms. The molecule has 1 saturated carbocycles. The number of hydrogen-bond acceptors (Lipinski definition) is 5. The Labute approximate surface area is 209 Å². The Morgan fingerprint density at radius 2 is 1.92 bits per heavy atom. The molecule has 0 radical (unpaired) electrons. The van der Waals surface area contributed by atoms with Crippen LogP contribution in [0.3, 0.4) is 0 Å². The molecule has 0 bridgehead atoms. The fourth-order valence-electron chi connectivity index (χ4n) is 4.81. The summed E-state index contributed by atoms with van der Waals surface area (Å²) in [6, 6.07) is 11.2. The quantitative estimate of drug-likeness (QED) is 0.641. The number of halogens is 1. The molecule has 8 nitrogen and oxygen atoms in total. The zero-order valence-corrected chi connectivity index (χ0v) is 20.2. The van der Waals surface area contributed by atoms with E-state index in [0.717, 1.165) is 12.8 Å². The highest BCUT2D eigenvalue weighted by atomic mass is 19.1. The molecule has 2 aliphatic heterocycles. The summed E-state index contributed by atoms with van der Waals surface area (Å²) in [6.07, 6.45) is 2.51. The van der Waals surface area contributed by atoms with Crippen LogP contribution in [0.5, 0.6) is 5.75 Å². The minimum atomic E-state index is -0.389. The maximum absolute atomic E-state index is 13.8. The monoisotopic (exact) mass is 495 g/mol. The van der Waals surface area contributed by atoms with Crippen molar-refractivity contribution in [3.05, 3.63) is 59.4 Å². The zero-order chi connectivity index (χ0) is 25.2. The molecule has 2 aromatic rings. The van der Waals surface area contributed by atoms with Gasteiger partial charge in [-0.15, -0.1) is 0 Å². The number of benzene rings is 2. The van der Waals surface area contributed by atoms with E-state index in [1.165, 1.54) is 6.07 Å². The summed E-state index contributed by atoms with van der Waals surface area (Å²) < 4.78 is 26.0. The molecule has 5 rings (SSSR count). The van der Waals surface area contributed by atoms with Gasteiger partial charge in [0.05, 0.1) is 24.1 Å². The van der Waals surface area contributed by atoms with E-state index in [2.05, 4.69) is 10.6 Å². The predicted octanol–water partition coefficient (Wildman–Crippen LogP) is 3.26. The lowest BCUT2D eigenvalue weighted by atomic mass is 9.94. The number of nitrogens with zero attached hydrogens (tertiary/aromatic N) is 1. The van der Waals surface area contributed by atoms with Crippen LogP contribution in [0.4, 0.5) is 10.1 Å². The van der Waals surface area contributed by atoms with Crippen LogP contribution in [-0.2, 0) is 20.9 Å². The predicted molar refractivity (Wildman–Crippen MR) is 130 cm³/mol. The fourth-order valence-corrected chi connectivity index (χ4v) is 4.81. The first-order chi connectivity index (χ1) is 17.4. The smallest absolute Gasteiger partial charge is 0.257 e. The van der Waals surface area contributed by atoms with E-state index >= 15 is 0 Å². The average Bonchev–Trinajstić information content (AvgIpc) is 3.72. The Morgan fingerprint density at radius 1 is 1.11 bits per heavy atom. The summed E-state index contributed by atoms with van der Waals surface area (Å²) in [5.41, 5.74) is 1.41. The van der Waals surface area contributed by atoms with Crippen LogP contribution in [0.2, 0.25) is 0 Å². The number of ether oxygens (including phenoxy) is 2. The van der Waals surface area contributed by atoms with Crippen molar-refractivity contribution in [2.45, 2.75) is 56.9 Å². The van der Waals surface area contributed by atoms with E-state index in [-0.39, 0.29) is 67.3 Å². The second-order valence-corrected chi connectivity index (χ2v) is 9.72. The number of likely N-dealkylation sites (N-methyl/N-ethyl adjacent to an activating group) is 1. The van der Waals surface area contributed by atoms with Crippen LogP contribution >= 0.6 is 0 Å². The molecule has 1 aliphatic carbocycles. The molecule has 2 fully saturated rings. The highest BCUT2D eigenvalue weighted by Crippen LogP contribution is 2.34.